The van der Waals surface area contributed by atoms with Crippen LogP contribution in [0.2, 0.25) is 0 Å². The van der Waals surface area contributed by atoms with Gasteiger partial charge < -0.3 is 4.42 Å². The van der Waals surface area contributed by atoms with Gasteiger partial charge in [-0.15, -0.1) is 10.2 Å². The van der Waals surface area contributed by atoms with E-state index in [9.17, 15) is 14.9 Å². The number of hydrogen-bond donors (Lipinski definition) is 0. The molecule has 0 aliphatic heterocycles. The molecule has 1 atom stereocenters. The molecule has 0 bridgehead atoms. The number of carbonyl (C=O) groups excluding carboxylic acids is 1. The van der Waals surface area contributed by atoms with Gasteiger partial charge in [0, 0.05) is 23.3 Å². The SMILES string of the molecule is Cc1cc(C)c(C(=O)[C@H](C)Sc2nnc(-c3cccc([N+](=O)[O-])c3)o2)cc1C. The maximum Gasteiger partial charge on any atom is 0.277 e. The van der Waals surface area contributed by atoms with E-state index in [1.165, 1.54) is 23.9 Å². The van der Waals surface area contributed by atoms with E-state index >= 15 is 0 Å². The number of non-ortho nitro benzene ring substituents is 1. The molecule has 0 radical (unpaired) electrons. The summed E-state index contributed by atoms with van der Waals surface area (Å²) in [4.78, 5) is 23.3. The van der Waals surface area contributed by atoms with Crippen LogP contribution in [0.1, 0.15) is 34.0 Å². The fourth-order valence-electron chi connectivity index (χ4n) is 2.78. The lowest BCUT2D eigenvalue weighted by molar-refractivity contribution is -0.384. The molecule has 0 fully saturated rings. The predicted molar refractivity (Wildman–Crippen MR) is 107 cm³/mol. The second-order valence-electron chi connectivity index (χ2n) is 6.56. The van der Waals surface area contributed by atoms with Crippen molar-refractivity contribution in [2.24, 2.45) is 0 Å². The average molecular weight is 397 g/mol. The van der Waals surface area contributed by atoms with Gasteiger partial charge in [0.15, 0.2) is 5.78 Å². The molecular formula is C20H19N3O4S. The molecule has 0 aliphatic rings. The Morgan fingerprint density at radius 2 is 1.82 bits per heavy atom. The van der Waals surface area contributed by atoms with Crippen molar-refractivity contribution in [1.29, 1.82) is 0 Å². The number of aromatic nitrogens is 2. The molecule has 144 valence electrons. The third-order valence-corrected chi connectivity index (χ3v) is 5.40. The molecule has 0 saturated heterocycles. The average Bonchev–Trinajstić information content (AvgIpc) is 3.12. The summed E-state index contributed by atoms with van der Waals surface area (Å²) in [7, 11) is 0. The summed E-state index contributed by atoms with van der Waals surface area (Å²) >= 11 is 1.17. The van der Waals surface area contributed by atoms with Crippen LogP contribution < -0.4 is 0 Å². The zero-order valence-corrected chi connectivity index (χ0v) is 16.7. The molecule has 0 N–H and O–H groups in total. The second-order valence-corrected chi connectivity index (χ2v) is 7.85. The first-order chi connectivity index (χ1) is 13.3. The van der Waals surface area contributed by atoms with Gasteiger partial charge in [-0.1, -0.05) is 23.9 Å². The summed E-state index contributed by atoms with van der Waals surface area (Å²) in [5, 5.41) is 18.6. The molecule has 3 aromatic rings. The van der Waals surface area contributed by atoms with Crippen LogP contribution in [0, 0.1) is 30.9 Å². The normalized spacial score (nSPS) is 12.0. The Kier molecular flexibility index (Phi) is 5.60. The fraction of sp³-hybridized carbons (Fsp3) is 0.250. The van der Waals surface area contributed by atoms with Crippen LogP contribution in [0.4, 0.5) is 5.69 Å². The third kappa shape index (κ3) is 4.12. The minimum Gasteiger partial charge on any atom is -0.411 e. The highest BCUT2D eigenvalue weighted by atomic mass is 32.2. The number of hydrogen-bond acceptors (Lipinski definition) is 7. The summed E-state index contributed by atoms with van der Waals surface area (Å²) in [6.45, 7) is 7.71. The number of nitro groups is 1. The van der Waals surface area contributed by atoms with Crippen molar-refractivity contribution < 1.29 is 14.1 Å². The van der Waals surface area contributed by atoms with E-state index in [4.69, 9.17) is 4.42 Å². The summed E-state index contributed by atoms with van der Waals surface area (Å²) in [6.07, 6.45) is 0. The Morgan fingerprint density at radius 1 is 1.11 bits per heavy atom. The molecule has 0 spiro atoms. The molecule has 0 aliphatic carbocycles. The number of benzene rings is 2. The Labute approximate surface area is 166 Å². The van der Waals surface area contributed by atoms with Crippen molar-refractivity contribution in [1.82, 2.24) is 10.2 Å². The minimum atomic E-state index is -0.484. The summed E-state index contributed by atoms with van der Waals surface area (Å²) in [5.74, 6) is 0.161. The van der Waals surface area contributed by atoms with E-state index in [0.717, 1.165) is 16.7 Å². The van der Waals surface area contributed by atoms with Gasteiger partial charge in [-0.25, -0.2) is 0 Å². The van der Waals surface area contributed by atoms with Crippen molar-refractivity contribution >= 4 is 23.2 Å². The van der Waals surface area contributed by atoms with E-state index in [-0.39, 0.29) is 22.6 Å². The van der Waals surface area contributed by atoms with Crippen molar-refractivity contribution in [2.45, 2.75) is 38.2 Å². The van der Waals surface area contributed by atoms with E-state index < -0.39 is 10.2 Å². The van der Waals surface area contributed by atoms with E-state index in [1.807, 2.05) is 32.9 Å². The number of Topliss-reactive ketones (excluding diaryl/α,β-unsaturated/α-hetero) is 1. The lowest BCUT2D eigenvalue weighted by Crippen LogP contribution is -2.15. The Bertz CT molecular complexity index is 1060. The van der Waals surface area contributed by atoms with Gasteiger partial charge in [0.1, 0.15) is 0 Å². The highest BCUT2D eigenvalue weighted by Gasteiger charge is 2.22. The second kappa shape index (κ2) is 7.93. The molecule has 0 amide bonds. The molecule has 8 heteroatoms. The number of thioether (sulfide) groups is 1. The largest absolute Gasteiger partial charge is 0.411 e. The fourth-order valence-corrected chi connectivity index (χ4v) is 3.53. The van der Waals surface area contributed by atoms with Crippen LogP contribution in [0.15, 0.2) is 46.0 Å². The molecule has 0 saturated carbocycles. The zero-order valence-electron chi connectivity index (χ0n) is 15.9. The Balaban J connectivity index is 1.78. The van der Waals surface area contributed by atoms with Crippen molar-refractivity contribution in [3.05, 3.63) is 68.8 Å². The zero-order chi connectivity index (χ0) is 20.4. The van der Waals surface area contributed by atoms with Crippen LogP contribution in [-0.4, -0.2) is 26.2 Å². The van der Waals surface area contributed by atoms with Crippen molar-refractivity contribution in [3.63, 3.8) is 0 Å². The molecule has 0 unspecified atom stereocenters. The Hall–Kier alpha value is -3.00. The van der Waals surface area contributed by atoms with Crippen molar-refractivity contribution in [2.75, 3.05) is 0 Å². The van der Waals surface area contributed by atoms with Gasteiger partial charge in [0.25, 0.3) is 10.9 Å². The summed E-state index contributed by atoms with van der Waals surface area (Å²) in [6, 6.07) is 9.89. The third-order valence-electron chi connectivity index (χ3n) is 4.46. The lowest BCUT2D eigenvalue weighted by Gasteiger charge is -2.12. The minimum absolute atomic E-state index is 0.0132. The maximum absolute atomic E-state index is 12.8. The first kappa shape index (κ1) is 19.8. The van der Waals surface area contributed by atoms with Crippen LogP contribution in [0.25, 0.3) is 11.5 Å². The van der Waals surface area contributed by atoms with Crippen LogP contribution >= 0.6 is 11.8 Å². The van der Waals surface area contributed by atoms with Gasteiger partial charge in [-0.3, -0.25) is 14.9 Å². The number of ketones is 1. The van der Waals surface area contributed by atoms with Crippen LogP contribution in [0.3, 0.4) is 0 Å². The van der Waals surface area contributed by atoms with Gasteiger partial charge in [0.05, 0.1) is 10.2 Å². The highest BCUT2D eigenvalue weighted by molar-refractivity contribution is 8.00. The van der Waals surface area contributed by atoms with E-state index in [0.29, 0.717) is 11.1 Å². The van der Waals surface area contributed by atoms with Gasteiger partial charge in [0.2, 0.25) is 5.89 Å². The van der Waals surface area contributed by atoms with Gasteiger partial charge in [-0.2, -0.15) is 0 Å². The first-order valence-electron chi connectivity index (χ1n) is 8.63. The number of rotatable bonds is 6. The topological polar surface area (TPSA) is 99.1 Å². The van der Waals surface area contributed by atoms with Crippen molar-refractivity contribution in [3.8, 4) is 11.5 Å². The number of nitro benzene ring substituents is 1. The summed E-state index contributed by atoms with van der Waals surface area (Å²) < 4.78 is 5.60. The first-order valence-corrected chi connectivity index (χ1v) is 9.51. The van der Waals surface area contributed by atoms with E-state index in [1.54, 1.807) is 19.1 Å². The summed E-state index contributed by atoms with van der Waals surface area (Å²) in [5.41, 5.74) is 4.23. The molecule has 7 nitrogen and oxygen atoms in total. The quantitative estimate of drug-likeness (QED) is 0.251. The number of carbonyl (C=O) groups is 1. The molecule has 1 aromatic heterocycles. The number of aryl methyl sites for hydroxylation is 3. The standard InChI is InChI=1S/C20H19N3O4S/c1-11-8-13(3)17(9-12(11)2)18(24)14(4)28-20-22-21-19(27-20)15-6-5-7-16(10-15)23(25)26/h5-10,14H,1-4H3/t14-/m0/s1. The van der Waals surface area contributed by atoms with E-state index in [2.05, 4.69) is 10.2 Å². The Morgan fingerprint density at radius 3 is 2.54 bits per heavy atom. The number of nitrogens with zero attached hydrogens (tertiary/aromatic N) is 3. The highest BCUT2D eigenvalue weighted by Crippen LogP contribution is 2.30. The van der Waals surface area contributed by atoms with Crippen LogP contribution in [0.5, 0.6) is 0 Å². The predicted octanol–water partition coefficient (Wildman–Crippen LogP) is 4.93. The molecule has 1 heterocycles. The van der Waals surface area contributed by atoms with Gasteiger partial charge in [-0.05, 0) is 56.5 Å². The van der Waals surface area contributed by atoms with Gasteiger partial charge >= 0.3 is 0 Å². The molecule has 3 rings (SSSR count). The molecule has 2 aromatic carbocycles. The molecule has 28 heavy (non-hydrogen) atoms. The smallest absolute Gasteiger partial charge is 0.277 e. The maximum atomic E-state index is 12.8. The lowest BCUT2D eigenvalue weighted by atomic mass is 9.97. The molecular weight excluding hydrogens is 378 g/mol. The van der Waals surface area contributed by atoms with Crippen LogP contribution in [-0.2, 0) is 0 Å². The monoisotopic (exact) mass is 397 g/mol.